The fraction of sp³-hybridized carbons (Fsp3) is 0.650. The highest BCUT2D eigenvalue weighted by molar-refractivity contribution is 5.75. The Kier molecular flexibility index (Phi) is 4.69. The van der Waals surface area contributed by atoms with Gasteiger partial charge in [-0.25, -0.2) is 4.79 Å². The Morgan fingerprint density at radius 2 is 1.92 bits per heavy atom. The Labute approximate surface area is 150 Å². The number of aliphatic hydroxyl groups excluding tert-OH is 1. The molecule has 136 valence electrons. The van der Waals surface area contributed by atoms with Gasteiger partial charge in [0.15, 0.2) is 0 Å². The first-order valence-corrected chi connectivity index (χ1v) is 9.69. The second kappa shape index (κ2) is 6.96. The fourth-order valence-electron chi connectivity index (χ4n) is 4.97. The number of nitrogens with zero attached hydrogens (tertiary/aromatic N) is 2. The van der Waals surface area contributed by atoms with Crippen LogP contribution in [0, 0.1) is 5.41 Å². The molecule has 2 heterocycles. The van der Waals surface area contributed by atoms with E-state index in [0.29, 0.717) is 13.0 Å². The van der Waals surface area contributed by atoms with Gasteiger partial charge in [-0.05, 0) is 24.8 Å². The Morgan fingerprint density at radius 3 is 2.68 bits per heavy atom. The van der Waals surface area contributed by atoms with Gasteiger partial charge in [0.1, 0.15) is 0 Å². The van der Waals surface area contributed by atoms with E-state index in [1.54, 1.807) is 0 Å². The smallest absolute Gasteiger partial charge is 0.320 e. The Balaban J connectivity index is 1.52. The third kappa shape index (κ3) is 3.15. The number of benzene rings is 1. The highest BCUT2D eigenvalue weighted by Crippen LogP contribution is 2.45. The number of piperazine rings is 1. The maximum absolute atomic E-state index is 13.3. The normalized spacial score (nSPS) is 29.2. The van der Waals surface area contributed by atoms with Crippen molar-refractivity contribution in [2.75, 3.05) is 32.7 Å². The molecule has 2 amide bonds. The van der Waals surface area contributed by atoms with Crippen molar-refractivity contribution in [2.24, 2.45) is 5.41 Å². The Hall–Kier alpha value is -1.59. The lowest BCUT2D eigenvalue weighted by atomic mass is 9.76. The summed E-state index contributed by atoms with van der Waals surface area (Å²) in [5.74, 6) is 0. The maximum Gasteiger partial charge on any atom is 0.320 e. The van der Waals surface area contributed by atoms with E-state index >= 15 is 0 Å². The van der Waals surface area contributed by atoms with Gasteiger partial charge in [-0.1, -0.05) is 43.2 Å². The highest BCUT2D eigenvalue weighted by atomic mass is 16.3. The van der Waals surface area contributed by atoms with Gasteiger partial charge in [-0.15, -0.1) is 0 Å². The first kappa shape index (κ1) is 16.9. The number of carbonyl (C=O) groups is 1. The number of aliphatic hydroxyl groups is 1. The summed E-state index contributed by atoms with van der Waals surface area (Å²) in [5, 5.41) is 14.0. The molecule has 1 aliphatic carbocycles. The lowest BCUT2D eigenvalue weighted by molar-refractivity contribution is -0.0358. The summed E-state index contributed by atoms with van der Waals surface area (Å²) < 4.78 is 0. The van der Waals surface area contributed by atoms with Crippen LogP contribution in [0.1, 0.15) is 43.7 Å². The lowest BCUT2D eigenvalue weighted by Gasteiger charge is -2.47. The largest absolute Gasteiger partial charge is 0.392 e. The minimum Gasteiger partial charge on any atom is -0.392 e. The van der Waals surface area contributed by atoms with Gasteiger partial charge in [0.2, 0.25) is 0 Å². The summed E-state index contributed by atoms with van der Waals surface area (Å²) in [6, 6.07) is 10.5. The maximum atomic E-state index is 13.3. The van der Waals surface area contributed by atoms with Crippen LogP contribution in [-0.4, -0.2) is 59.8 Å². The fourth-order valence-corrected chi connectivity index (χ4v) is 4.97. The van der Waals surface area contributed by atoms with Crippen LogP contribution in [0.4, 0.5) is 4.79 Å². The van der Waals surface area contributed by atoms with Crippen LogP contribution in [0.15, 0.2) is 30.3 Å². The number of carbonyl (C=O) groups excluding carboxylic acids is 1. The number of rotatable bonds is 1. The van der Waals surface area contributed by atoms with Crippen LogP contribution in [0.5, 0.6) is 0 Å². The van der Waals surface area contributed by atoms with Gasteiger partial charge in [0.25, 0.3) is 0 Å². The Bertz CT molecular complexity index is 600. The zero-order valence-corrected chi connectivity index (χ0v) is 14.9. The van der Waals surface area contributed by atoms with Crippen LogP contribution in [0.25, 0.3) is 0 Å². The molecule has 1 saturated carbocycles. The van der Waals surface area contributed by atoms with Crippen LogP contribution in [0.2, 0.25) is 0 Å². The molecule has 0 radical (unpaired) electrons. The molecule has 3 aliphatic rings. The van der Waals surface area contributed by atoms with Gasteiger partial charge in [0, 0.05) is 38.1 Å². The summed E-state index contributed by atoms with van der Waals surface area (Å²) >= 11 is 0. The Morgan fingerprint density at radius 1 is 1.16 bits per heavy atom. The van der Waals surface area contributed by atoms with Gasteiger partial charge < -0.3 is 20.2 Å². The summed E-state index contributed by atoms with van der Waals surface area (Å²) in [5.41, 5.74) is 1.14. The molecule has 2 N–H and O–H groups in total. The number of likely N-dealkylation sites (tertiary alicyclic amines) is 1. The molecule has 0 unspecified atom stereocenters. The number of hydrogen-bond donors (Lipinski definition) is 2. The van der Waals surface area contributed by atoms with E-state index in [1.807, 2.05) is 28.0 Å². The summed E-state index contributed by atoms with van der Waals surface area (Å²) in [6.07, 6.45) is 4.95. The van der Waals surface area contributed by atoms with Gasteiger partial charge in [-0.2, -0.15) is 0 Å². The molecule has 1 aromatic carbocycles. The second-order valence-electron chi connectivity index (χ2n) is 7.90. The van der Waals surface area contributed by atoms with Crippen molar-refractivity contribution in [1.29, 1.82) is 0 Å². The molecule has 0 bridgehead atoms. The molecular formula is C20H29N3O2. The summed E-state index contributed by atoms with van der Waals surface area (Å²) in [4.78, 5) is 17.4. The molecule has 5 nitrogen and oxygen atoms in total. The molecule has 1 aromatic rings. The third-order valence-electron chi connectivity index (χ3n) is 6.43. The summed E-state index contributed by atoms with van der Waals surface area (Å²) in [7, 11) is 0. The lowest BCUT2D eigenvalue weighted by Crippen LogP contribution is -2.58. The predicted molar refractivity (Wildman–Crippen MR) is 97.3 cm³/mol. The zero-order chi connectivity index (χ0) is 17.3. The number of urea groups is 1. The molecule has 4 rings (SSSR count). The van der Waals surface area contributed by atoms with E-state index in [0.717, 1.165) is 39.0 Å². The minimum absolute atomic E-state index is 0.0514. The molecule has 2 atom stereocenters. The third-order valence-corrected chi connectivity index (χ3v) is 6.43. The van der Waals surface area contributed by atoms with Crippen molar-refractivity contribution in [3.8, 4) is 0 Å². The number of hydrogen-bond acceptors (Lipinski definition) is 3. The van der Waals surface area contributed by atoms with E-state index in [4.69, 9.17) is 0 Å². The number of nitrogens with one attached hydrogen (secondary N) is 1. The molecule has 1 spiro atoms. The van der Waals surface area contributed by atoms with Crippen LogP contribution >= 0.6 is 0 Å². The molecule has 25 heavy (non-hydrogen) atoms. The highest BCUT2D eigenvalue weighted by Gasteiger charge is 2.46. The van der Waals surface area contributed by atoms with Crippen molar-refractivity contribution < 1.29 is 9.90 Å². The van der Waals surface area contributed by atoms with Gasteiger partial charge in [-0.3, -0.25) is 0 Å². The van der Waals surface area contributed by atoms with E-state index in [9.17, 15) is 9.90 Å². The molecule has 5 heteroatoms. The van der Waals surface area contributed by atoms with Crippen molar-refractivity contribution in [1.82, 2.24) is 15.1 Å². The van der Waals surface area contributed by atoms with E-state index < -0.39 is 0 Å². The monoisotopic (exact) mass is 343 g/mol. The van der Waals surface area contributed by atoms with Crippen LogP contribution in [-0.2, 0) is 0 Å². The molecular weight excluding hydrogens is 314 g/mol. The first-order valence-electron chi connectivity index (χ1n) is 9.69. The molecule has 2 saturated heterocycles. The molecule has 2 aliphatic heterocycles. The first-order chi connectivity index (χ1) is 12.2. The van der Waals surface area contributed by atoms with Crippen molar-refractivity contribution in [2.45, 2.75) is 44.2 Å². The zero-order valence-electron chi connectivity index (χ0n) is 14.9. The SMILES string of the molecule is O=C(N1CC[C@H](O)C2(CCCC2)C1)N1CCNC[C@H]1c1ccccc1. The predicted octanol–water partition coefficient (Wildman–Crippen LogP) is 2.38. The topological polar surface area (TPSA) is 55.8 Å². The van der Waals surface area contributed by atoms with Crippen molar-refractivity contribution in [3.05, 3.63) is 35.9 Å². The van der Waals surface area contributed by atoms with Crippen molar-refractivity contribution >= 4 is 6.03 Å². The van der Waals surface area contributed by atoms with Crippen LogP contribution < -0.4 is 5.32 Å². The average molecular weight is 343 g/mol. The van der Waals surface area contributed by atoms with E-state index in [1.165, 1.54) is 18.4 Å². The van der Waals surface area contributed by atoms with Gasteiger partial charge in [0.05, 0.1) is 12.1 Å². The second-order valence-corrected chi connectivity index (χ2v) is 7.90. The molecule has 0 aromatic heterocycles. The number of amides is 2. The summed E-state index contributed by atoms with van der Waals surface area (Å²) in [6.45, 7) is 3.78. The van der Waals surface area contributed by atoms with Gasteiger partial charge >= 0.3 is 6.03 Å². The molecule has 3 fully saturated rings. The standard InChI is InChI=1S/C20H29N3O2/c24-18-8-12-22(15-20(18)9-4-5-10-20)19(25)23-13-11-21-14-17(23)16-6-2-1-3-7-16/h1-3,6-7,17-18,21,24H,4-5,8-15H2/t17-,18-/m0/s1. The number of piperidine rings is 1. The van der Waals surface area contributed by atoms with E-state index in [-0.39, 0.29) is 23.6 Å². The van der Waals surface area contributed by atoms with Crippen molar-refractivity contribution in [3.63, 3.8) is 0 Å². The quantitative estimate of drug-likeness (QED) is 0.823. The van der Waals surface area contributed by atoms with E-state index in [2.05, 4.69) is 17.4 Å². The minimum atomic E-state index is -0.244. The average Bonchev–Trinajstić information content (AvgIpc) is 3.13. The van der Waals surface area contributed by atoms with Crippen LogP contribution in [0.3, 0.4) is 0 Å².